The van der Waals surface area contributed by atoms with E-state index in [9.17, 15) is 4.79 Å². The second kappa shape index (κ2) is 6.87. The highest BCUT2D eigenvalue weighted by Gasteiger charge is 2.38. The summed E-state index contributed by atoms with van der Waals surface area (Å²) in [5, 5.41) is 16.9. The number of pyridine rings is 1. The van der Waals surface area contributed by atoms with Crippen molar-refractivity contribution < 1.29 is 9.21 Å². The molecule has 0 spiro atoms. The van der Waals surface area contributed by atoms with E-state index < -0.39 is 6.04 Å². The van der Waals surface area contributed by atoms with Gasteiger partial charge in [-0.2, -0.15) is 10.2 Å². The monoisotopic (exact) mass is 429 g/mol. The van der Waals surface area contributed by atoms with Crippen LogP contribution in [0.3, 0.4) is 0 Å². The minimum absolute atomic E-state index is 0.0761. The number of aromatic nitrogens is 8. The smallest absolute Gasteiger partial charge is 0.312 e. The average Bonchev–Trinajstić information content (AvgIpc) is 3.57. The lowest BCUT2D eigenvalue weighted by atomic mass is 9.99. The van der Waals surface area contributed by atoms with Crippen LogP contribution in [0.2, 0.25) is 0 Å². The summed E-state index contributed by atoms with van der Waals surface area (Å²) in [5.41, 5.74) is 5.23. The number of amides is 1. The van der Waals surface area contributed by atoms with Gasteiger partial charge in [0.2, 0.25) is 0 Å². The molecule has 160 valence electrons. The molecule has 32 heavy (non-hydrogen) atoms. The van der Waals surface area contributed by atoms with Crippen LogP contribution in [0, 0.1) is 6.92 Å². The fourth-order valence-electron chi connectivity index (χ4n) is 4.19. The van der Waals surface area contributed by atoms with E-state index in [0.29, 0.717) is 18.5 Å². The Hall–Kier alpha value is -4.28. The predicted octanol–water partition coefficient (Wildman–Crippen LogP) is 1.94. The first-order chi connectivity index (χ1) is 15.6. The zero-order valence-electron chi connectivity index (χ0n) is 17.4. The highest BCUT2D eigenvalue weighted by Crippen LogP contribution is 2.34. The first kappa shape index (κ1) is 18.5. The first-order valence-electron chi connectivity index (χ1n) is 10.2. The third-order valence-electron chi connectivity index (χ3n) is 5.76. The van der Waals surface area contributed by atoms with Crippen molar-refractivity contribution in [3.8, 4) is 11.5 Å². The first-order valence-corrected chi connectivity index (χ1v) is 10.2. The molecule has 11 heteroatoms. The lowest BCUT2D eigenvalue weighted by molar-refractivity contribution is 0.0646. The zero-order chi connectivity index (χ0) is 21.8. The van der Waals surface area contributed by atoms with E-state index in [1.54, 1.807) is 35.4 Å². The van der Waals surface area contributed by atoms with Crippen molar-refractivity contribution in [1.29, 1.82) is 0 Å². The van der Waals surface area contributed by atoms with Crippen LogP contribution in [0.15, 0.2) is 47.5 Å². The summed E-state index contributed by atoms with van der Waals surface area (Å²) in [6.07, 6.45) is 7.55. The van der Waals surface area contributed by atoms with Crippen molar-refractivity contribution >= 4 is 11.4 Å². The van der Waals surface area contributed by atoms with Crippen LogP contribution < -0.4 is 0 Å². The number of fused-ring (bicyclic) bond motifs is 2. The Morgan fingerprint density at radius 2 is 2.22 bits per heavy atom. The number of carbonyl (C=O) groups is 1. The Kier molecular flexibility index (Phi) is 3.97. The Labute approximate surface area is 181 Å². The molecule has 0 aliphatic carbocycles. The number of aromatic amines is 1. The van der Waals surface area contributed by atoms with Crippen molar-refractivity contribution in [3.05, 3.63) is 71.7 Å². The van der Waals surface area contributed by atoms with E-state index in [1.807, 2.05) is 35.8 Å². The summed E-state index contributed by atoms with van der Waals surface area (Å²) < 4.78 is 9.16. The molecule has 6 heterocycles. The number of imidazole rings is 1. The molecular weight excluding hydrogens is 410 g/mol. The van der Waals surface area contributed by atoms with Gasteiger partial charge < -0.3 is 14.3 Å². The Bertz CT molecular complexity index is 1460. The third-order valence-corrected chi connectivity index (χ3v) is 5.76. The van der Waals surface area contributed by atoms with Gasteiger partial charge in [0.25, 0.3) is 5.89 Å². The molecule has 1 aliphatic rings. The number of carbonyl (C=O) groups excluding carboxylic acids is 1. The van der Waals surface area contributed by atoms with Crippen LogP contribution in [0.25, 0.3) is 17.0 Å². The van der Waals surface area contributed by atoms with E-state index in [-0.39, 0.29) is 17.7 Å². The highest BCUT2D eigenvalue weighted by atomic mass is 16.4. The second-order valence-corrected chi connectivity index (χ2v) is 7.82. The summed E-state index contributed by atoms with van der Waals surface area (Å²) in [5.74, 6) is -0.188. The minimum atomic E-state index is -0.467. The number of hydrogen-bond acceptors (Lipinski definition) is 7. The Morgan fingerprint density at radius 1 is 1.31 bits per heavy atom. The van der Waals surface area contributed by atoms with Crippen molar-refractivity contribution in [2.75, 3.05) is 6.54 Å². The van der Waals surface area contributed by atoms with Crippen LogP contribution in [0.5, 0.6) is 0 Å². The number of nitrogens with one attached hydrogen (secondary N) is 1. The summed E-state index contributed by atoms with van der Waals surface area (Å²) >= 11 is 0. The number of H-pyrrole nitrogens is 1. The predicted molar refractivity (Wildman–Crippen MR) is 112 cm³/mol. The quantitative estimate of drug-likeness (QED) is 0.465. The lowest BCUT2D eigenvalue weighted by Gasteiger charge is -2.32. The molecule has 0 aromatic carbocycles. The summed E-state index contributed by atoms with van der Waals surface area (Å²) in [6, 6.07) is 5.51. The second-order valence-electron chi connectivity index (χ2n) is 7.82. The molecular formula is C21H19N9O2. The van der Waals surface area contributed by atoms with Crippen molar-refractivity contribution in [3.63, 3.8) is 0 Å². The minimum Gasteiger partial charge on any atom is -0.412 e. The molecule has 1 aliphatic heterocycles. The molecule has 11 nitrogen and oxygen atoms in total. The van der Waals surface area contributed by atoms with Gasteiger partial charge in [0.1, 0.15) is 6.04 Å². The topological polar surface area (TPSA) is 123 Å². The van der Waals surface area contributed by atoms with Gasteiger partial charge in [0, 0.05) is 38.1 Å². The average molecular weight is 429 g/mol. The molecule has 0 saturated carbocycles. The van der Waals surface area contributed by atoms with Crippen LogP contribution >= 0.6 is 0 Å². The molecule has 5 aromatic heterocycles. The molecule has 5 aromatic rings. The number of hydrogen-bond donors (Lipinski definition) is 1. The van der Waals surface area contributed by atoms with E-state index in [0.717, 1.165) is 28.2 Å². The zero-order valence-corrected chi connectivity index (χ0v) is 17.4. The van der Waals surface area contributed by atoms with Gasteiger partial charge in [-0.25, -0.2) is 9.50 Å². The van der Waals surface area contributed by atoms with Crippen LogP contribution in [-0.2, 0) is 13.5 Å². The molecule has 0 saturated heterocycles. The fourth-order valence-corrected chi connectivity index (χ4v) is 4.19. The van der Waals surface area contributed by atoms with Gasteiger partial charge >= 0.3 is 11.8 Å². The van der Waals surface area contributed by atoms with Gasteiger partial charge in [0.15, 0.2) is 0 Å². The van der Waals surface area contributed by atoms with Gasteiger partial charge in [-0.05, 0) is 24.6 Å². The van der Waals surface area contributed by atoms with Crippen molar-refractivity contribution in [1.82, 2.24) is 44.5 Å². The molecule has 0 bridgehead atoms. The molecule has 1 amide bonds. The standard InChI is InChI=1S/C21H19N9O2/c1-12-4-3-6-30-16(12)8-15(27-30)18-17-14(22-11-23-17)5-7-29(18)21(31)20-26-25-19(32-20)13-9-24-28(2)10-13/h3-4,6,8-11,18H,5,7H2,1-2H3,(H,22,23)/t18-/m1/s1. The van der Waals surface area contributed by atoms with Crippen LogP contribution in [0.1, 0.15) is 39.4 Å². The Morgan fingerprint density at radius 3 is 3.03 bits per heavy atom. The normalized spacial score (nSPS) is 15.9. The van der Waals surface area contributed by atoms with Gasteiger partial charge in [-0.3, -0.25) is 9.48 Å². The van der Waals surface area contributed by atoms with E-state index in [4.69, 9.17) is 9.52 Å². The maximum atomic E-state index is 13.5. The van der Waals surface area contributed by atoms with E-state index in [1.165, 1.54) is 0 Å². The van der Waals surface area contributed by atoms with Gasteiger partial charge in [-0.15, -0.1) is 10.2 Å². The number of aryl methyl sites for hydroxylation is 2. The largest absolute Gasteiger partial charge is 0.412 e. The van der Waals surface area contributed by atoms with E-state index >= 15 is 0 Å². The third kappa shape index (κ3) is 2.82. The molecule has 0 unspecified atom stereocenters. The van der Waals surface area contributed by atoms with E-state index in [2.05, 4.69) is 25.3 Å². The maximum Gasteiger partial charge on any atom is 0.312 e. The molecule has 6 rings (SSSR count). The summed E-state index contributed by atoms with van der Waals surface area (Å²) in [4.78, 5) is 22.9. The van der Waals surface area contributed by atoms with Crippen molar-refractivity contribution in [2.45, 2.75) is 19.4 Å². The molecule has 0 fully saturated rings. The van der Waals surface area contributed by atoms with Crippen molar-refractivity contribution in [2.24, 2.45) is 7.05 Å². The number of rotatable bonds is 3. The molecule has 0 radical (unpaired) electrons. The number of nitrogens with zero attached hydrogens (tertiary/aromatic N) is 8. The van der Waals surface area contributed by atoms with Crippen LogP contribution in [-0.4, -0.2) is 56.9 Å². The van der Waals surface area contributed by atoms with Crippen LogP contribution in [0.4, 0.5) is 0 Å². The van der Waals surface area contributed by atoms with Gasteiger partial charge in [-0.1, -0.05) is 6.07 Å². The maximum absolute atomic E-state index is 13.5. The Balaban J connectivity index is 1.41. The lowest BCUT2D eigenvalue weighted by Crippen LogP contribution is -2.41. The fraction of sp³-hybridized carbons (Fsp3) is 0.238. The molecule has 1 N–H and O–H groups in total. The summed E-state index contributed by atoms with van der Waals surface area (Å²) in [7, 11) is 1.79. The highest BCUT2D eigenvalue weighted by molar-refractivity contribution is 5.90. The van der Waals surface area contributed by atoms with Gasteiger partial charge in [0.05, 0.1) is 35.0 Å². The molecule has 1 atom stereocenters. The SMILES string of the molecule is Cc1cccn2nc([C@@H]3c4nc[nH]c4CCN3C(=O)c3nnc(-c4cnn(C)c4)o3)cc12. The summed E-state index contributed by atoms with van der Waals surface area (Å²) in [6.45, 7) is 2.50.